The van der Waals surface area contributed by atoms with Crippen LogP contribution in [0.25, 0.3) is 0 Å². The Labute approximate surface area is 153 Å². The lowest BCUT2D eigenvalue weighted by Crippen LogP contribution is -2.38. The second-order valence-electron chi connectivity index (χ2n) is 6.03. The van der Waals surface area contributed by atoms with Gasteiger partial charge in [0.25, 0.3) is 5.91 Å². The van der Waals surface area contributed by atoms with Gasteiger partial charge in [-0.05, 0) is 37.3 Å². The van der Waals surface area contributed by atoms with Crippen LogP contribution in [0.3, 0.4) is 0 Å². The summed E-state index contributed by atoms with van der Waals surface area (Å²) in [6, 6.07) is 2.00. The predicted molar refractivity (Wildman–Crippen MR) is 92.8 cm³/mol. The van der Waals surface area contributed by atoms with Gasteiger partial charge in [-0.3, -0.25) is 24.4 Å². The number of amides is 1. The number of fused-ring (bicyclic) bond motifs is 1. The lowest BCUT2D eigenvalue weighted by Gasteiger charge is -2.26. The number of ether oxygens (including phenoxy) is 1. The van der Waals surface area contributed by atoms with Crippen LogP contribution in [-0.4, -0.2) is 44.6 Å². The van der Waals surface area contributed by atoms with Crippen molar-refractivity contribution in [1.82, 2.24) is 14.7 Å². The van der Waals surface area contributed by atoms with Crippen molar-refractivity contribution in [2.45, 2.75) is 33.4 Å². The van der Waals surface area contributed by atoms with Crippen molar-refractivity contribution < 1.29 is 19.2 Å². The maximum absolute atomic E-state index is 12.2. The van der Waals surface area contributed by atoms with Crippen molar-refractivity contribution in [2.75, 3.05) is 13.2 Å². The second kappa shape index (κ2) is 7.24. The van der Waals surface area contributed by atoms with Crippen molar-refractivity contribution in [2.24, 2.45) is 0 Å². The van der Waals surface area contributed by atoms with E-state index in [1.165, 1.54) is 23.4 Å². The number of esters is 1. The molecule has 3 heterocycles. The quantitative estimate of drug-likeness (QED) is 0.444. The monoisotopic (exact) mass is 378 g/mol. The molecule has 0 aliphatic carbocycles. The highest BCUT2D eigenvalue weighted by Crippen LogP contribution is 2.24. The Morgan fingerprint density at radius 1 is 1.42 bits per heavy atom. The third kappa shape index (κ3) is 3.59. The van der Waals surface area contributed by atoms with Crippen molar-refractivity contribution in [3.8, 4) is 0 Å². The zero-order valence-electron chi connectivity index (χ0n) is 14.4. The van der Waals surface area contributed by atoms with Crippen LogP contribution in [0.1, 0.15) is 21.8 Å². The van der Waals surface area contributed by atoms with Crippen LogP contribution < -0.4 is 0 Å². The average molecular weight is 378 g/mol. The fourth-order valence-electron chi connectivity index (χ4n) is 2.97. The second-order valence-corrected chi connectivity index (χ2v) is 7.03. The molecule has 0 aromatic carbocycles. The molecule has 0 radical (unpaired) electrons. The fourth-order valence-corrected chi connectivity index (χ4v) is 3.86. The molecule has 0 atom stereocenters. The summed E-state index contributed by atoms with van der Waals surface area (Å²) in [5, 5.41) is 17.0. The molecule has 0 unspecified atom stereocenters. The lowest BCUT2D eigenvalue weighted by molar-refractivity contribution is -0.386. The summed E-state index contributed by atoms with van der Waals surface area (Å²) >= 11 is 1.68. The van der Waals surface area contributed by atoms with E-state index < -0.39 is 10.9 Å². The highest BCUT2D eigenvalue weighted by molar-refractivity contribution is 7.10. The summed E-state index contributed by atoms with van der Waals surface area (Å²) in [5.41, 5.74) is 1.53. The third-order valence-electron chi connectivity index (χ3n) is 4.32. The molecule has 1 aliphatic rings. The van der Waals surface area contributed by atoms with Gasteiger partial charge in [0.05, 0.1) is 4.92 Å². The number of nitrogens with zero attached hydrogens (tertiary/aromatic N) is 4. The third-order valence-corrected chi connectivity index (χ3v) is 5.34. The van der Waals surface area contributed by atoms with Gasteiger partial charge < -0.3 is 9.64 Å². The Hall–Kier alpha value is -2.75. The van der Waals surface area contributed by atoms with E-state index in [1.54, 1.807) is 16.2 Å². The van der Waals surface area contributed by atoms with E-state index in [0.717, 1.165) is 12.0 Å². The molecular formula is C16H18N4O5S. The molecular weight excluding hydrogens is 360 g/mol. The number of carbonyl (C=O) groups excluding carboxylic acids is 2. The van der Waals surface area contributed by atoms with Crippen LogP contribution in [0.4, 0.5) is 5.69 Å². The van der Waals surface area contributed by atoms with E-state index in [2.05, 4.69) is 5.10 Å². The van der Waals surface area contributed by atoms with Gasteiger partial charge in [-0.15, -0.1) is 11.3 Å². The number of hydrogen-bond acceptors (Lipinski definition) is 7. The predicted octanol–water partition coefficient (Wildman–Crippen LogP) is 1.60. The van der Waals surface area contributed by atoms with Gasteiger partial charge in [0.1, 0.15) is 17.9 Å². The van der Waals surface area contributed by atoms with Crippen LogP contribution in [0.2, 0.25) is 0 Å². The molecule has 0 saturated heterocycles. The number of aromatic nitrogens is 2. The van der Waals surface area contributed by atoms with E-state index in [4.69, 9.17) is 4.74 Å². The summed E-state index contributed by atoms with van der Waals surface area (Å²) in [6.45, 7) is 3.53. The lowest BCUT2D eigenvalue weighted by atomic mass is 10.1. The van der Waals surface area contributed by atoms with Crippen molar-refractivity contribution in [1.29, 1.82) is 0 Å². The minimum atomic E-state index is -0.660. The smallest absolute Gasteiger partial charge is 0.328 e. The number of thiophene rings is 1. The molecule has 0 spiro atoms. The molecule has 0 saturated carbocycles. The van der Waals surface area contributed by atoms with Gasteiger partial charge in [0.15, 0.2) is 6.61 Å². The van der Waals surface area contributed by atoms with Gasteiger partial charge in [-0.25, -0.2) is 0 Å². The summed E-state index contributed by atoms with van der Waals surface area (Å²) in [4.78, 5) is 37.6. The van der Waals surface area contributed by atoms with Crippen molar-refractivity contribution in [3.63, 3.8) is 0 Å². The summed E-state index contributed by atoms with van der Waals surface area (Å²) < 4.78 is 6.26. The van der Waals surface area contributed by atoms with Crippen LogP contribution in [0, 0.1) is 24.0 Å². The zero-order chi connectivity index (χ0) is 18.8. The minimum Gasteiger partial charge on any atom is -0.454 e. The van der Waals surface area contributed by atoms with Gasteiger partial charge in [-0.1, -0.05) is 0 Å². The van der Waals surface area contributed by atoms with E-state index in [-0.39, 0.29) is 36.1 Å². The molecule has 26 heavy (non-hydrogen) atoms. The number of aryl methyl sites for hydroxylation is 1. The number of rotatable bonds is 5. The largest absolute Gasteiger partial charge is 0.454 e. The molecule has 2 aromatic heterocycles. The fraction of sp³-hybridized carbons (Fsp3) is 0.438. The molecule has 0 fully saturated rings. The Morgan fingerprint density at radius 3 is 2.88 bits per heavy atom. The maximum Gasteiger partial charge on any atom is 0.328 e. The Kier molecular flexibility index (Phi) is 5.03. The van der Waals surface area contributed by atoms with Crippen LogP contribution in [0.15, 0.2) is 11.4 Å². The summed E-state index contributed by atoms with van der Waals surface area (Å²) in [6.07, 6.45) is 0.808. The molecule has 10 heteroatoms. The molecule has 138 valence electrons. The Balaban J connectivity index is 1.54. The summed E-state index contributed by atoms with van der Waals surface area (Å²) in [7, 11) is 0. The van der Waals surface area contributed by atoms with Crippen molar-refractivity contribution in [3.05, 3.63) is 43.4 Å². The number of carbonyl (C=O) groups is 2. The van der Waals surface area contributed by atoms with Gasteiger partial charge in [0.2, 0.25) is 0 Å². The van der Waals surface area contributed by atoms with Crippen molar-refractivity contribution >= 4 is 28.9 Å². The maximum atomic E-state index is 12.2. The van der Waals surface area contributed by atoms with Gasteiger partial charge >= 0.3 is 11.7 Å². The molecule has 1 aliphatic heterocycles. The normalized spacial score (nSPS) is 13.4. The van der Waals surface area contributed by atoms with Crippen LogP contribution >= 0.6 is 11.3 Å². The summed E-state index contributed by atoms with van der Waals surface area (Å²) in [5.74, 6) is -0.915. The van der Waals surface area contributed by atoms with Crippen LogP contribution in [0.5, 0.6) is 0 Å². The molecule has 0 N–H and O–H groups in total. The van der Waals surface area contributed by atoms with Gasteiger partial charge in [0, 0.05) is 18.0 Å². The standard InChI is InChI=1S/C16H18N4O5S/c1-10-16(20(23)24)11(2)19(17-10)8-15(22)25-9-14(21)18-5-3-13-12(7-18)4-6-26-13/h4,6H,3,5,7-9H2,1-2H3. The molecule has 2 aromatic rings. The highest BCUT2D eigenvalue weighted by atomic mass is 32.1. The van der Waals surface area contributed by atoms with E-state index in [9.17, 15) is 19.7 Å². The Morgan fingerprint density at radius 2 is 2.19 bits per heavy atom. The zero-order valence-corrected chi connectivity index (χ0v) is 15.2. The highest BCUT2D eigenvalue weighted by Gasteiger charge is 2.25. The van der Waals surface area contributed by atoms with Gasteiger partial charge in [-0.2, -0.15) is 5.10 Å². The van der Waals surface area contributed by atoms with E-state index in [0.29, 0.717) is 13.1 Å². The first kappa shape index (κ1) is 18.1. The number of hydrogen-bond donors (Lipinski definition) is 0. The first-order valence-corrected chi connectivity index (χ1v) is 8.92. The first-order chi connectivity index (χ1) is 12.4. The Bertz CT molecular complexity index is 872. The minimum absolute atomic E-state index is 0.117. The SMILES string of the molecule is Cc1nn(CC(=O)OCC(=O)N2CCc3sccc3C2)c(C)c1[N+](=O)[O-]. The molecule has 3 rings (SSSR count). The number of nitro groups is 1. The first-order valence-electron chi connectivity index (χ1n) is 8.04. The average Bonchev–Trinajstić information content (AvgIpc) is 3.16. The molecule has 0 bridgehead atoms. The van der Waals surface area contributed by atoms with E-state index in [1.807, 2.05) is 11.4 Å². The van der Waals surface area contributed by atoms with E-state index >= 15 is 0 Å². The molecule has 1 amide bonds. The topological polar surface area (TPSA) is 108 Å². The van der Waals surface area contributed by atoms with Crippen LogP contribution in [-0.2, 0) is 33.8 Å². The molecule has 9 nitrogen and oxygen atoms in total.